The third-order valence-corrected chi connectivity index (χ3v) is 8.20. The van der Waals surface area contributed by atoms with Crippen molar-refractivity contribution < 1.29 is 12.3 Å². The minimum atomic E-state index is -2.62. The van der Waals surface area contributed by atoms with Crippen LogP contribution in [0.3, 0.4) is 0 Å². The molecule has 0 spiro atoms. The molecule has 1 rings (SSSR count). The Morgan fingerprint density at radius 1 is 1.06 bits per heavy atom. The molecule has 0 bridgehead atoms. The second-order valence-corrected chi connectivity index (χ2v) is 8.92. The Labute approximate surface area is 115 Å². The van der Waals surface area contributed by atoms with Gasteiger partial charge in [0.2, 0.25) is 31.5 Å². The zero-order valence-electron chi connectivity index (χ0n) is 10.4. The van der Waals surface area contributed by atoms with Gasteiger partial charge in [-0.15, -0.1) is 0 Å². The zero-order valence-corrected chi connectivity index (χ0v) is 14.4. The van der Waals surface area contributed by atoms with Gasteiger partial charge in [-0.3, -0.25) is 4.90 Å². The maximum atomic E-state index is 5.14. The van der Waals surface area contributed by atoms with Crippen molar-refractivity contribution in [1.82, 2.24) is 4.90 Å². The van der Waals surface area contributed by atoms with Crippen LogP contribution in [-0.2, 0) is 12.3 Å². The smallest absolute Gasteiger partial charge is 0.416 e. The third kappa shape index (κ3) is 4.10. The van der Waals surface area contributed by atoms with Crippen LogP contribution >= 0.6 is 0 Å². The van der Waals surface area contributed by atoms with Gasteiger partial charge in [-0.05, 0) is 39.7 Å². The number of hydrogen-bond acceptors (Lipinski definition) is 4. The van der Waals surface area contributed by atoms with E-state index in [0.29, 0.717) is 12.1 Å². The maximum absolute atomic E-state index is 5.14. The summed E-state index contributed by atoms with van der Waals surface area (Å²) in [7, 11) is 6.43. The highest BCUT2D eigenvalue weighted by atomic mass is 28.5. The molecule has 17 heavy (non-hydrogen) atoms. The van der Waals surface area contributed by atoms with Crippen molar-refractivity contribution in [2.75, 3.05) is 6.54 Å². The Bertz CT molecular complexity index is 212. The molecular weight excluding hydrogens is 282 g/mol. The van der Waals surface area contributed by atoms with E-state index in [1.165, 1.54) is 12.8 Å². The van der Waals surface area contributed by atoms with E-state index in [9.17, 15) is 0 Å². The first kappa shape index (κ1) is 15.8. The molecule has 8 heteroatoms. The molecule has 1 aliphatic rings. The van der Waals surface area contributed by atoms with Crippen LogP contribution in [0.15, 0.2) is 0 Å². The summed E-state index contributed by atoms with van der Waals surface area (Å²) in [6.07, 6.45) is 3.57. The SMILES string of the molecule is C[C@@H]1CC[C@@H](C)N1CCC[Si](O[Si])(O[Si])O[Si]. The van der Waals surface area contributed by atoms with Gasteiger partial charge in [0.25, 0.3) is 0 Å². The largest absolute Gasteiger partial charge is 0.468 e. The van der Waals surface area contributed by atoms with Gasteiger partial charge in [-0.2, -0.15) is 0 Å². The summed E-state index contributed by atoms with van der Waals surface area (Å²) in [5.41, 5.74) is 0. The number of rotatable bonds is 7. The van der Waals surface area contributed by atoms with Crippen LogP contribution in [-0.4, -0.2) is 63.8 Å². The number of likely N-dealkylation sites (tertiary alicyclic amines) is 1. The summed E-state index contributed by atoms with van der Waals surface area (Å²) in [5, 5.41) is 0. The molecule has 1 fully saturated rings. The fourth-order valence-corrected chi connectivity index (χ4v) is 5.82. The van der Waals surface area contributed by atoms with Crippen LogP contribution in [0.2, 0.25) is 6.04 Å². The van der Waals surface area contributed by atoms with Crippen molar-refractivity contribution in [3.8, 4) is 0 Å². The first-order chi connectivity index (χ1) is 8.08. The van der Waals surface area contributed by atoms with E-state index >= 15 is 0 Å². The van der Waals surface area contributed by atoms with Crippen LogP contribution in [0, 0.1) is 0 Å². The molecule has 0 N–H and O–H groups in total. The molecule has 93 valence electrons. The van der Waals surface area contributed by atoms with E-state index in [1.807, 2.05) is 0 Å². The summed E-state index contributed by atoms with van der Waals surface area (Å²) >= 11 is 0. The van der Waals surface area contributed by atoms with Gasteiger partial charge in [0.05, 0.1) is 0 Å². The molecule has 1 saturated heterocycles. The van der Waals surface area contributed by atoms with Crippen molar-refractivity contribution in [2.45, 2.75) is 51.2 Å². The molecule has 1 aliphatic heterocycles. The minimum Gasteiger partial charge on any atom is -0.416 e. The highest BCUT2D eigenvalue weighted by Gasteiger charge is 2.36. The molecule has 4 nitrogen and oxygen atoms in total. The molecule has 0 unspecified atom stereocenters. The third-order valence-electron chi connectivity index (χ3n) is 3.50. The Hall–Kier alpha value is 0.708. The quantitative estimate of drug-likeness (QED) is 0.640. The lowest BCUT2D eigenvalue weighted by Crippen LogP contribution is -2.45. The molecule has 1 heterocycles. The van der Waals surface area contributed by atoms with Gasteiger partial charge < -0.3 is 12.3 Å². The van der Waals surface area contributed by atoms with Crippen LogP contribution in [0.1, 0.15) is 33.1 Å². The zero-order chi connectivity index (χ0) is 12.9. The van der Waals surface area contributed by atoms with Crippen molar-refractivity contribution in [3.05, 3.63) is 0 Å². The lowest BCUT2D eigenvalue weighted by atomic mass is 10.2. The highest BCUT2D eigenvalue weighted by Crippen LogP contribution is 2.24. The van der Waals surface area contributed by atoms with E-state index in [-0.39, 0.29) is 0 Å². The van der Waals surface area contributed by atoms with Crippen LogP contribution in [0.25, 0.3) is 0 Å². The minimum absolute atomic E-state index is 0.680. The molecular formula is C9H18NO3Si4. The Kier molecular flexibility index (Phi) is 6.80. The monoisotopic (exact) mass is 300 g/mol. The molecule has 2 atom stereocenters. The van der Waals surface area contributed by atoms with Crippen molar-refractivity contribution >= 4 is 40.3 Å². The van der Waals surface area contributed by atoms with Crippen molar-refractivity contribution in [1.29, 1.82) is 0 Å². The van der Waals surface area contributed by atoms with Gasteiger partial charge >= 0.3 is 8.80 Å². The van der Waals surface area contributed by atoms with Crippen LogP contribution in [0.5, 0.6) is 0 Å². The second-order valence-electron chi connectivity index (χ2n) is 4.61. The summed E-state index contributed by atoms with van der Waals surface area (Å²) < 4.78 is 15.4. The van der Waals surface area contributed by atoms with Crippen LogP contribution < -0.4 is 0 Å². The lowest BCUT2D eigenvalue weighted by molar-refractivity contribution is 0.208. The average Bonchev–Trinajstić information content (AvgIpc) is 2.66. The average molecular weight is 301 g/mol. The second kappa shape index (κ2) is 7.33. The predicted octanol–water partition coefficient (Wildman–Crippen LogP) is 0.488. The molecule has 0 saturated carbocycles. The molecule has 0 aromatic heterocycles. The van der Waals surface area contributed by atoms with Crippen molar-refractivity contribution in [2.24, 2.45) is 0 Å². The Morgan fingerprint density at radius 3 is 1.94 bits per heavy atom. The van der Waals surface area contributed by atoms with E-state index < -0.39 is 8.80 Å². The summed E-state index contributed by atoms with van der Waals surface area (Å²) in [4.78, 5) is 2.54. The fourth-order valence-electron chi connectivity index (χ4n) is 2.38. The van der Waals surface area contributed by atoms with Crippen LogP contribution in [0.4, 0.5) is 0 Å². The molecule has 0 aliphatic carbocycles. The molecule has 9 radical (unpaired) electrons. The Morgan fingerprint density at radius 2 is 1.53 bits per heavy atom. The van der Waals surface area contributed by atoms with E-state index in [1.54, 1.807) is 0 Å². The van der Waals surface area contributed by atoms with Gasteiger partial charge in [0.15, 0.2) is 0 Å². The number of nitrogens with zero attached hydrogens (tertiary/aromatic N) is 1. The first-order valence-corrected chi connectivity index (χ1v) is 9.04. The Balaban J connectivity index is 2.35. The van der Waals surface area contributed by atoms with Crippen molar-refractivity contribution in [3.63, 3.8) is 0 Å². The number of hydrogen-bond donors (Lipinski definition) is 0. The van der Waals surface area contributed by atoms with Gasteiger partial charge in [0, 0.05) is 18.1 Å². The predicted molar refractivity (Wildman–Crippen MR) is 70.6 cm³/mol. The summed E-state index contributed by atoms with van der Waals surface area (Å²) in [6, 6.07) is 2.11. The summed E-state index contributed by atoms with van der Waals surface area (Å²) in [5.74, 6) is 0. The van der Waals surface area contributed by atoms with E-state index in [4.69, 9.17) is 12.3 Å². The topological polar surface area (TPSA) is 30.9 Å². The standard InChI is InChI=1S/C9H18NO3Si4/c1-8-4-5-9(2)10(8)6-3-7-17(11-14,12-15)13-16/h8-9H,3-7H2,1-2H3/t8-,9-/m1/s1. The van der Waals surface area contributed by atoms with Gasteiger partial charge in [0.1, 0.15) is 0 Å². The lowest BCUT2D eigenvalue weighted by Gasteiger charge is -2.29. The van der Waals surface area contributed by atoms with E-state index in [0.717, 1.165) is 19.0 Å². The molecule has 0 aromatic carbocycles. The normalized spacial score (nSPS) is 26.6. The highest BCUT2D eigenvalue weighted by molar-refractivity contribution is 6.69. The summed E-state index contributed by atoms with van der Waals surface area (Å²) in [6.45, 7) is 5.63. The molecule has 0 amide bonds. The van der Waals surface area contributed by atoms with E-state index in [2.05, 4.69) is 50.2 Å². The first-order valence-electron chi connectivity index (χ1n) is 5.88. The van der Waals surface area contributed by atoms with Gasteiger partial charge in [-0.1, -0.05) is 0 Å². The maximum Gasteiger partial charge on any atom is 0.468 e. The van der Waals surface area contributed by atoms with Gasteiger partial charge in [-0.25, -0.2) is 0 Å². The fraction of sp³-hybridized carbons (Fsp3) is 1.00. The molecule has 0 aromatic rings.